The second-order valence-corrected chi connectivity index (χ2v) is 11.1. The summed E-state index contributed by atoms with van der Waals surface area (Å²) in [5.74, 6) is 0.833. The normalized spacial score (nSPS) is 15.8. The summed E-state index contributed by atoms with van der Waals surface area (Å²) in [5.41, 5.74) is 0.655. The van der Waals surface area contributed by atoms with Crippen LogP contribution in [0, 0.1) is 0 Å². The number of thioether (sulfide) groups is 1. The summed E-state index contributed by atoms with van der Waals surface area (Å²) in [4.78, 5) is 15.0. The van der Waals surface area contributed by atoms with Gasteiger partial charge in [0, 0.05) is 36.8 Å². The number of rotatable bonds is 5. The Bertz CT molecular complexity index is 947. The van der Waals surface area contributed by atoms with Gasteiger partial charge in [0.25, 0.3) is 0 Å². The van der Waals surface area contributed by atoms with E-state index in [1.807, 2.05) is 51.1 Å². The molecule has 0 N–H and O–H groups in total. The van der Waals surface area contributed by atoms with E-state index < -0.39 is 21.7 Å². The molecule has 2 aromatic carbocycles. The molecule has 6 nitrogen and oxygen atoms in total. The zero-order valence-electron chi connectivity index (χ0n) is 17.6. The number of carbonyl (C=O) groups excluding carboxylic acids is 1. The molecule has 1 fully saturated rings. The van der Waals surface area contributed by atoms with Crippen molar-refractivity contribution in [3.8, 4) is 0 Å². The fourth-order valence-electron chi connectivity index (χ4n) is 3.04. The fourth-order valence-corrected chi connectivity index (χ4v) is 5.31. The van der Waals surface area contributed by atoms with Gasteiger partial charge in [0.2, 0.25) is 10.0 Å². The number of piperazine rings is 1. The zero-order chi connectivity index (χ0) is 21.8. The molecular formula is C22H28N2O4S2. The lowest BCUT2D eigenvalue weighted by molar-refractivity contribution is 0.0192. The number of benzene rings is 2. The fraction of sp³-hybridized carbons (Fsp3) is 0.409. The number of sulfonamides is 1. The average Bonchev–Trinajstić information content (AvgIpc) is 2.72. The van der Waals surface area contributed by atoms with Crippen LogP contribution in [0.1, 0.15) is 26.3 Å². The molecule has 30 heavy (non-hydrogen) atoms. The molecule has 0 aromatic heterocycles. The quantitative estimate of drug-likeness (QED) is 0.641. The van der Waals surface area contributed by atoms with Gasteiger partial charge in [-0.1, -0.05) is 30.3 Å². The Balaban J connectivity index is 1.57. The van der Waals surface area contributed by atoms with Crippen molar-refractivity contribution in [1.82, 2.24) is 9.21 Å². The lowest BCUT2D eigenvalue weighted by atomic mass is 10.2. The van der Waals surface area contributed by atoms with Gasteiger partial charge in [-0.05, 0) is 50.6 Å². The van der Waals surface area contributed by atoms with Crippen molar-refractivity contribution in [1.29, 1.82) is 0 Å². The Morgan fingerprint density at radius 3 is 2.13 bits per heavy atom. The standard InChI is InChI=1S/C22H28N2O4S2/c1-22(2,3)28-21(25)23-13-15-24(16-14-23)30(26,27)20-11-9-19(10-12-20)29-17-18-7-5-4-6-8-18/h4-12H,13-17H2,1-3H3. The SMILES string of the molecule is CC(C)(C)OC(=O)N1CCN(S(=O)(=O)c2ccc(SCc3ccccc3)cc2)CC1. The summed E-state index contributed by atoms with van der Waals surface area (Å²) in [6, 6.07) is 17.1. The molecule has 162 valence electrons. The van der Waals surface area contributed by atoms with Crippen molar-refractivity contribution in [2.45, 2.75) is 41.9 Å². The number of hydrogen-bond donors (Lipinski definition) is 0. The van der Waals surface area contributed by atoms with E-state index in [0.29, 0.717) is 13.1 Å². The molecule has 0 spiro atoms. The number of hydrogen-bond acceptors (Lipinski definition) is 5. The van der Waals surface area contributed by atoms with Crippen molar-refractivity contribution in [2.75, 3.05) is 26.2 Å². The highest BCUT2D eigenvalue weighted by molar-refractivity contribution is 7.98. The lowest BCUT2D eigenvalue weighted by Crippen LogP contribution is -2.51. The molecule has 1 amide bonds. The van der Waals surface area contributed by atoms with Crippen molar-refractivity contribution < 1.29 is 17.9 Å². The summed E-state index contributed by atoms with van der Waals surface area (Å²) in [5, 5.41) is 0. The third-order valence-electron chi connectivity index (χ3n) is 4.60. The van der Waals surface area contributed by atoms with Crippen molar-refractivity contribution in [2.24, 2.45) is 0 Å². The topological polar surface area (TPSA) is 66.9 Å². The molecule has 0 radical (unpaired) electrons. The van der Waals surface area contributed by atoms with E-state index >= 15 is 0 Å². The summed E-state index contributed by atoms with van der Waals surface area (Å²) < 4.78 is 32.7. The van der Waals surface area contributed by atoms with Crippen molar-refractivity contribution in [3.63, 3.8) is 0 Å². The maximum absolute atomic E-state index is 13.0. The minimum atomic E-state index is -3.58. The zero-order valence-corrected chi connectivity index (χ0v) is 19.2. The highest BCUT2D eigenvalue weighted by Gasteiger charge is 2.31. The first-order valence-electron chi connectivity index (χ1n) is 9.90. The maximum atomic E-state index is 13.0. The van der Waals surface area contributed by atoms with Gasteiger partial charge in [-0.25, -0.2) is 13.2 Å². The Kier molecular flexibility index (Phi) is 7.10. The Morgan fingerprint density at radius 1 is 0.967 bits per heavy atom. The van der Waals surface area contributed by atoms with Crippen LogP contribution in [0.5, 0.6) is 0 Å². The van der Waals surface area contributed by atoms with Gasteiger partial charge in [0.1, 0.15) is 5.60 Å². The van der Waals surface area contributed by atoms with Gasteiger partial charge >= 0.3 is 6.09 Å². The molecule has 1 aliphatic rings. The molecule has 8 heteroatoms. The van der Waals surface area contributed by atoms with E-state index in [1.54, 1.807) is 28.8 Å². The van der Waals surface area contributed by atoms with Gasteiger partial charge in [-0.2, -0.15) is 4.31 Å². The van der Waals surface area contributed by atoms with Crippen LogP contribution in [-0.4, -0.2) is 55.5 Å². The van der Waals surface area contributed by atoms with E-state index in [4.69, 9.17) is 4.74 Å². The minimum absolute atomic E-state index is 0.256. The van der Waals surface area contributed by atoms with E-state index in [9.17, 15) is 13.2 Å². The van der Waals surface area contributed by atoms with E-state index in [-0.39, 0.29) is 18.0 Å². The third-order valence-corrected chi connectivity index (χ3v) is 7.60. The third kappa shape index (κ3) is 6.00. The maximum Gasteiger partial charge on any atom is 0.410 e. The number of ether oxygens (including phenoxy) is 1. The molecule has 0 bridgehead atoms. The van der Waals surface area contributed by atoms with E-state index in [1.165, 1.54) is 9.87 Å². The van der Waals surface area contributed by atoms with Gasteiger partial charge in [-0.15, -0.1) is 11.8 Å². The lowest BCUT2D eigenvalue weighted by Gasteiger charge is -2.35. The number of nitrogens with zero attached hydrogens (tertiary/aromatic N) is 2. The Morgan fingerprint density at radius 2 is 1.57 bits per heavy atom. The van der Waals surface area contributed by atoms with E-state index in [0.717, 1.165) is 10.6 Å². The first kappa shape index (κ1) is 22.7. The monoisotopic (exact) mass is 448 g/mol. The van der Waals surface area contributed by atoms with Gasteiger partial charge < -0.3 is 9.64 Å². The Labute approximate surface area is 183 Å². The first-order chi connectivity index (χ1) is 14.1. The van der Waals surface area contributed by atoms with Crippen LogP contribution in [0.4, 0.5) is 4.79 Å². The molecule has 0 aliphatic carbocycles. The second-order valence-electron chi connectivity index (χ2n) is 8.12. The molecule has 0 atom stereocenters. The number of carbonyl (C=O) groups is 1. The summed E-state index contributed by atoms with van der Waals surface area (Å²) >= 11 is 1.67. The van der Waals surface area contributed by atoms with Crippen LogP contribution in [0.3, 0.4) is 0 Å². The molecule has 0 saturated carbocycles. The molecule has 1 saturated heterocycles. The first-order valence-corrected chi connectivity index (χ1v) is 12.3. The Hall–Kier alpha value is -2.03. The van der Waals surface area contributed by atoms with Crippen molar-refractivity contribution in [3.05, 3.63) is 60.2 Å². The average molecular weight is 449 g/mol. The van der Waals surface area contributed by atoms with Crippen LogP contribution >= 0.6 is 11.8 Å². The largest absolute Gasteiger partial charge is 0.444 e. The summed E-state index contributed by atoms with van der Waals surface area (Å²) in [6.07, 6.45) is -0.403. The molecule has 1 aliphatic heterocycles. The van der Waals surface area contributed by atoms with Gasteiger partial charge in [-0.3, -0.25) is 0 Å². The molecule has 3 rings (SSSR count). The van der Waals surface area contributed by atoms with Gasteiger partial charge in [0.05, 0.1) is 4.90 Å². The smallest absolute Gasteiger partial charge is 0.410 e. The van der Waals surface area contributed by atoms with Crippen LogP contribution < -0.4 is 0 Å². The summed E-state index contributed by atoms with van der Waals surface area (Å²) in [6.45, 7) is 6.59. The van der Waals surface area contributed by atoms with Crippen LogP contribution in [0.25, 0.3) is 0 Å². The molecule has 0 unspecified atom stereocenters. The molecule has 1 heterocycles. The highest BCUT2D eigenvalue weighted by atomic mass is 32.2. The molecule has 2 aromatic rings. The second kappa shape index (κ2) is 9.41. The van der Waals surface area contributed by atoms with E-state index in [2.05, 4.69) is 12.1 Å². The summed E-state index contributed by atoms with van der Waals surface area (Å²) in [7, 11) is -3.58. The van der Waals surface area contributed by atoms with Gasteiger partial charge in [0.15, 0.2) is 0 Å². The predicted molar refractivity (Wildman–Crippen MR) is 119 cm³/mol. The molecular weight excluding hydrogens is 420 g/mol. The predicted octanol–water partition coefficient (Wildman–Crippen LogP) is 4.22. The van der Waals surface area contributed by atoms with Crippen LogP contribution in [0.2, 0.25) is 0 Å². The van der Waals surface area contributed by atoms with Crippen LogP contribution in [-0.2, 0) is 20.5 Å². The number of amides is 1. The minimum Gasteiger partial charge on any atom is -0.444 e. The highest BCUT2D eigenvalue weighted by Crippen LogP contribution is 2.25. The van der Waals surface area contributed by atoms with Crippen molar-refractivity contribution >= 4 is 27.9 Å². The van der Waals surface area contributed by atoms with Crippen LogP contribution in [0.15, 0.2) is 64.4 Å².